The number of benzene rings is 2. The Morgan fingerprint density at radius 3 is 2.59 bits per heavy atom. The molecule has 0 bridgehead atoms. The van der Waals surface area contributed by atoms with Crippen LogP contribution in [0.15, 0.2) is 60.8 Å². The third-order valence-corrected chi connectivity index (χ3v) is 2.83. The Morgan fingerprint density at radius 2 is 1.71 bits per heavy atom. The molecule has 3 aromatic rings. The van der Waals surface area contributed by atoms with Gasteiger partial charge in [-0.15, -0.1) is 0 Å². The maximum absolute atomic E-state index is 5.82. The van der Waals surface area contributed by atoms with Crippen molar-refractivity contribution >= 4 is 16.6 Å². The molecule has 2 aromatic carbocycles. The number of nitrogens with zero attached hydrogens (tertiary/aromatic N) is 1. The van der Waals surface area contributed by atoms with Gasteiger partial charge in [0.05, 0.1) is 5.52 Å². The van der Waals surface area contributed by atoms with E-state index in [0.29, 0.717) is 0 Å². The van der Waals surface area contributed by atoms with Crippen molar-refractivity contribution in [3.05, 3.63) is 60.8 Å². The summed E-state index contributed by atoms with van der Waals surface area (Å²) in [5.74, 6) is 0. The van der Waals surface area contributed by atoms with Crippen LogP contribution in [0.4, 0.5) is 5.69 Å². The first-order valence-corrected chi connectivity index (χ1v) is 5.54. The second-order valence-corrected chi connectivity index (χ2v) is 4.01. The van der Waals surface area contributed by atoms with Crippen LogP contribution in [0.2, 0.25) is 0 Å². The molecule has 0 aliphatic rings. The molecule has 2 heteroatoms. The van der Waals surface area contributed by atoms with E-state index < -0.39 is 0 Å². The van der Waals surface area contributed by atoms with Crippen molar-refractivity contribution in [3.8, 4) is 11.1 Å². The average molecular weight is 220 g/mol. The highest BCUT2D eigenvalue weighted by Gasteiger charge is 2.04. The average Bonchev–Trinajstić information content (AvgIpc) is 2.38. The number of rotatable bonds is 1. The normalized spacial score (nSPS) is 10.6. The Labute approximate surface area is 99.7 Å². The van der Waals surface area contributed by atoms with Gasteiger partial charge in [0.15, 0.2) is 0 Å². The molecule has 1 heterocycles. The molecule has 0 radical (unpaired) electrons. The molecule has 17 heavy (non-hydrogen) atoms. The van der Waals surface area contributed by atoms with Gasteiger partial charge in [0.25, 0.3) is 0 Å². The monoisotopic (exact) mass is 220 g/mol. The first kappa shape index (κ1) is 9.85. The molecule has 0 saturated heterocycles. The molecular formula is C15H12N2. The number of nitrogens with two attached hydrogens (primary N) is 1. The van der Waals surface area contributed by atoms with Crippen LogP contribution in [0.1, 0.15) is 0 Å². The highest BCUT2D eigenvalue weighted by Crippen LogP contribution is 2.27. The molecule has 0 amide bonds. The van der Waals surface area contributed by atoms with Crippen LogP contribution in [0.5, 0.6) is 0 Å². The lowest BCUT2D eigenvalue weighted by Crippen LogP contribution is -1.87. The number of para-hydroxylation sites is 1. The van der Waals surface area contributed by atoms with E-state index in [1.807, 2.05) is 36.5 Å². The fourth-order valence-electron chi connectivity index (χ4n) is 2.04. The molecule has 2 N–H and O–H groups in total. The summed E-state index contributed by atoms with van der Waals surface area (Å²) in [6.07, 6.45) is 1.82. The number of anilines is 1. The Bertz CT molecular complexity index is 669. The topological polar surface area (TPSA) is 38.9 Å². The highest BCUT2D eigenvalue weighted by molar-refractivity contribution is 5.93. The lowest BCUT2D eigenvalue weighted by atomic mass is 10.0. The fraction of sp³-hybridized carbons (Fsp3) is 0. The van der Waals surface area contributed by atoms with Gasteiger partial charge in [-0.2, -0.15) is 0 Å². The number of hydrogen-bond donors (Lipinski definition) is 1. The zero-order chi connectivity index (χ0) is 11.7. The Hall–Kier alpha value is -2.35. The number of hydrogen-bond acceptors (Lipinski definition) is 2. The van der Waals surface area contributed by atoms with Crippen molar-refractivity contribution in [3.63, 3.8) is 0 Å². The minimum atomic E-state index is 0.774. The zero-order valence-electron chi connectivity index (χ0n) is 9.30. The maximum atomic E-state index is 5.82. The Morgan fingerprint density at radius 1 is 0.882 bits per heavy atom. The van der Waals surface area contributed by atoms with E-state index in [-0.39, 0.29) is 0 Å². The lowest BCUT2D eigenvalue weighted by molar-refractivity contribution is 1.41. The van der Waals surface area contributed by atoms with E-state index >= 15 is 0 Å². The van der Waals surface area contributed by atoms with Crippen molar-refractivity contribution in [2.45, 2.75) is 0 Å². The highest BCUT2D eigenvalue weighted by atomic mass is 14.6. The van der Waals surface area contributed by atoms with E-state index in [9.17, 15) is 0 Å². The Kier molecular flexibility index (Phi) is 2.26. The summed E-state index contributed by atoms with van der Waals surface area (Å²) in [4.78, 5) is 4.45. The number of pyridine rings is 1. The minimum absolute atomic E-state index is 0.774. The number of aromatic nitrogens is 1. The summed E-state index contributed by atoms with van der Waals surface area (Å²) in [6.45, 7) is 0. The van der Waals surface area contributed by atoms with E-state index in [0.717, 1.165) is 27.7 Å². The largest absolute Gasteiger partial charge is 0.399 e. The molecular weight excluding hydrogens is 208 g/mol. The summed E-state index contributed by atoms with van der Waals surface area (Å²) in [7, 11) is 0. The first-order chi connectivity index (χ1) is 8.34. The van der Waals surface area contributed by atoms with Crippen molar-refractivity contribution < 1.29 is 0 Å². The van der Waals surface area contributed by atoms with Gasteiger partial charge in [0.2, 0.25) is 0 Å². The zero-order valence-corrected chi connectivity index (χ0v) is 9.30. The van der Waals surface area contributed by atoms with E-state index in [2.05, 4.69) is 29.2 Å². The molecule has 0 atom stereocenters. The van der Waals surface area contributed by atoms with Gasteiger partial charge in [0.1, 0.15) is 0 Å². The first-order valence-electron chi connectivity index (χ1n) is 5.54. The summed E-state index contributed by atoms with van der Waals surface area (Å²) in [5, 5.41) is 1.15. The molecule has 1 aromatic heterocycles. The smallest absolute Gasteiger partial charge is 0.0780 e. The second kappa shape index (κ2) is 3.91. The van der Waals surface area contributed by atoms with Crippen molar-refractivity contribution in [2.24, 2.45) is 0 Å². The van der Waals surface area contributed by atoms with Crippen LogP contribution in [0.3, 0.4) is 0 Å². The summed E-state index contributed by atoms with van der Waals surface area (Å²) in [5.41, 5.74) is 9.83. The predicted octanol–water partition coefficient (Wildman–Crippen LogP) is 3.48. The third-order valence-electron chi connectivity index (χ3n) is 2.83. The molecule has 2 nitrogen and oxygen atoms in total. The molecule has 0 fully saturated rings. The predicted molar refractivity (Wildman–Crippen MR) is 71.6 cm³/mol. The molecule has 0 unspecified atom stereocenters. The van der Waals surface area contributed by atoms with Gasteiger partial charge in [-0.3, -0.25) is 4.98 Å². The van der Waals surface area contributed by atoms with Crippen LogP contribution >= 0.6 is 0 Å². The van der Waals surface area contributed by atoms with Gasteiger partial charge >= 0.3 is 0 Å². The lowest BCUT2D eigenvalue weighted by Gasteiger charge is -2.06. The van der Waals surface area contributed by atoms with Gasteiger partial charge < -0.3 is 5.73 Å². The minimum Gasteiger partial charge on any atom is -0.399 e. The molecule has 0 aliphatic heterocycles. The van der Waals surface area contributed by atoms with Gasteiger partial charge in [0, 0.05) is 22.8 Å². The van der Waals surface area contributed by atoms with E-state index in [1.165, 1.54) is 0 Å². The van der Waals surface area contributed by atoms with Crippen LogP contribution in [0.25, 0.3) is 22.0 Å². The Balaban J connectivity index is 2.30. The second-order valence-electron chi connectivity index (χ2n) is 4.01. The van der Waals surface area contributed by atoms with Crippen LogP contribution in [-0.4, -0.2) is 4.98 Å². The van der Waals surface area contributed by atoms with Crippen molar-refractivity contribution in [1.29, 1.82) is 0 Å². The van der Waals surface area contributed by atoms with Gasteiger partial charge in [-0.25, -0.2) is 0 Å². The van der Waals surface area contributed by atoms with Gasteiger partial charge in [-0.1, -0.05) is 36.4 Å². The van der Waals surface area contributed by atoms with E-state index in [4.69, 9.17) is 5.73 Å². The van der Waals surface area contributed by atoms with Crippen molar-refractivity contribution in [1.82, 2.24) is 4.98 Å². The summed E-state index contributed by atoms with van der Waals surface area (Å²) >= 11 is 0. The van der Waals surface area contributed by atoms with Crippen LogP contribution in [0, 0.1) is 0 Å². The maximum Gasteiger partial charge on any atom is 0.0780 e. The number of nitrogen functional groups attached to an aromatic ring is 1. The molecule has 0 saturated carbocycles. The molecule has 82 valence electrons. The SMILES string of the molecule is Nc1cccc(-c2cccc3cccnc23)c1. The summed E-state index contributed by atoms with van der Waals surface area (Å²) in [6, 6.07) is 18.1. The van der Waals surface area contributed by atoms with Gasteiger partial charge in [-0.05, 0) is 23.8 Å². The van der Waals surface area contributed by atoms with Crippen LogP contribution in [-0.2, 0) is 0 Å². The number of fused-ring (bicyclic) bond motifs is 1. The summed E-state index contributed by atoms with van der Waals surface area (Å²) < 4.78 is 0. The quantitative estimate of drug-likeness (QED) is 0.637. The fourth-order valence-corrected chi connectivity index (χ4v) is 2.04. The van der Waals surface area contributed by atoms with Crippen LogP contribution < -0.4 is 5.73 Å². The molecule has 0 aliphatic carbocycles. The van der Waals surface area contributed by atoms with Crippen molar-refractivity contribution in [2.75, 3.05) is 5.73 Å². The standard InChI is InChI=1S/C15H12N2/c16-13-7-1-5-12(10-13)14-8-2-4-11-6-3-9-17-15(11)14/h1-10H,16H2. The van der Waals surface area contributed by atoms with E-state index in [1.54, 1.807) is 0 Å². The molecule has 3 rings (SSSR count). The third kappa shape index (κ3) is 1.74. The molecule has 0 spiro atoms.